The van der Waals surface area contributed by atoms with Gasteiger partial charge in [-0.05, 0) is 39.8 Å². The average molecular weight is 425 g/mol. The molecule has 2 heteroatoms. The molecule has 0 aromatic heterocycles. The third-order valence-electron chi connectivity index (χ3n) is 5.05. The van der Waals surface area contributed by atoms with E-state index in [1.807, 2.05) is 35.7 Å². The molecular weight excluding hydrogens is 400 g/mol. The van der Waals surface area contributed by atoms with Crippen LogP contribution in [0.3, 0.4) is 0 Å². The number of hydrogen-bond acceptors (Lipinski definition) is 2. The fourth-order valence-corrected chi connectivity index (χ4v) is 5.52. The molecule has 0 radical (unpaired) electrons. The maximum absolute atomic E-state index is 3.83. The molecule has 0 unspecified atom stereocenters. The van der Waals surface area contributed by atoms with E-state index in [1.54, 1.807) is 0 Å². The Morgan fingerprint density at radius 1 is 0.567 bits per heavy atom. The van der Waals surface area contributed by atoms with Crippen molar-refractivity contribution in [2.24, 2.45) is 0 Å². The first-order chi connectivity index (χ1) is 14.8. The molecule has 148 valence electrons. The highest BCUT2D eigenvalue weighted by atomic mass is 32.2. The molecule has 0 amide bonds. The van der Waals surface area contributed by atoms with E-state index < -0.39 is 0 Å². The van der Waals surface area contributed by atoms with Gasteiger partial charge in [0, 0.05) is 26.7 Å². The van der Waals surface area contributed by atoms with E-state index in [2.05, 4.69) is 98.1 Å². The van der Waals surface area contributed by atoms with E-state index in [-0.39, 0.29) is 0 Å². The van der Waals surface area contributed by atoms with Crippen LogP contribution in [0.25, 0.3) is 22.9 Å². The predicted molar refractivity (Wildman–Crippen MR) is 136 cm³/mol. The number of fused-ring (bicyclic) bond motifs is 1. The summed E-state index contributed by atoms with van der Waals surface area (Å²) in [5, 5.41) is 2.66. The van der Waals surface area contributed by atoms with Crippen LogP contribution in [0.4, 0.5) is 0 Å². The van der Waals surface area contributed by atoms with Gasteiger partial charge in [0.05, 0.1) is 0 Å². The van der Waals surface area contributed by atoms with Crippen molar-refractivity contribution in [2.45, 2.75) is 21.3 Å². The largest absolute Gasteiger partial charge is 0.121 e. The van der Waals surface area contributed by atoms with E-state index in [4.69, 9.17) is 0 Å². The molecule has 0 nitrogen and oxygen atoms in total. The average Bonchev–Trinajstić information content (AvgIpc) is 2.82. The lowest BCUT2D eigenvalue weighted by atomic mass is 10.1. The second-order valence-electron chi connectivity index (χ2n) is 7.08. The molecular formula is C28H24S2. The molecule has 0 bridgehead atoms. The Morgan fingerprint density at radius 3 is 1.40 bits per heavy atom. The van der Waals surface area contributed by atoms with Crippen molar-refractivity contribution in [3.05, 3.63) is 120 Å². The molecule has 0 heterocycles. The Balaban J connectivity index is 1.55. The first kappa shape index (κ1) is 20.6. The fourth-order valence-electron chi connectivity index (χ4n) is 3.34. The maximum Gasteiger partial charge on any atom is 0.0232 e. The maximum atomic E-state index is 3.83. The van der Waals surface area contributed by atoms with Crippen molar-refractivity contribution in [1.82, 2.24) is 0 Å². The summed E-state index contributed by atoms with van der Waals surface area (Å²) >= 11 is 3.81. The lowest BCUT2D eigenvalue weighted by molar-refractivity contribution is 1.37. The molecule has 0 atom stereocenters. The van der Waals surface area contributed by atoms with E-state index in [1.165, 1.54) is 31.7 Å². The van der Waals surface area contributed by atoms with Crippen LogP contribution in [0.1, 0.15) is 22.3 Å². The predicted octanol–water partition coefficient (Wildman–Crippen LogP) is 8.71. The van der Waals surface area contributed by atoms with Crippen molar-refractivity contribution >= 4 is 46.4 Å². The van der Waals surface area contributed by atoms with Gasteiger partial charge in [-0.25, -0.2) is 0 Å². The molecule has 30 heavy (non-hydrogen) atoms. The minimum absolute atomic E-state index is 0.957. The van der Waals surface area contributed by atoms with Gasteiger partial charge in [0.25, 0.3) is 0 Å². The van der Waals surface area contributed by atoms with Gasteiger partial charge in [-0.15, -0.1) is 23.5 Å². The number of benzene rings is 4. The zero-order valence-electron chi connectivity index (χ0n) is 16.9. The molecule has 0 saturated carbocycles. The lowest BCUT2D eigenvalue weighted by Crippen LogP contribution is -1.86. The molecule has 0 N–H and O–H groups in total. The SMILES string of the molecule is C=Cc1ccc(CSc2cccc3cccc(SCc4ccc(C=C)cc4)c23)cc1. The van der Waals surface area contributed by atoms with Crippen LogP contribution in [-0.4, -0.2) is 0 Å². The van der Waals surface area contributed by atoms with Crippen LogP contribution in [0.15, 0.2) is 108 Å². The Hall–Kier alpha value is -2.68. The van der Waals surface area contributed by atoms with Gasteiger partial charge in [0.1, 0.15) is 0 Å². The van der Waals surface area contributed by atoms with Gasteiger partial charge in [-0.1, -0.05) is 98.1 Å². The normalized spacial score (nSPS) is 10.8. The van der Waals surface area contributed by atoms with Crippen LogP contribution in [-0.2, 0) is 11.5 Å². The van der Waals surface area contributed by atoms with Gasteiger partial charge in [-0.2, -0.15) is 0 Å². The highest BCUT2D eigenvalue weighted by Gasteiger charge is 2.08. The Morgan fingerprint density at radius 2 is 1.00 bits per heavy atom. The van der Waals surface area contributed by atoms with Crippen LogP contribution in [0, 0.1) is 0 Å². The second-order valence-corrected chi connectivity index (χ2v) is 9.11. The van der Waals surface area contributed by atoms with Crippen molar-refractivity contribution < 1.29 is 0 Å². The quantitative estimate of drug-likeness (QED) is 0.259. The van der Waals surface area contributed by atoms with E-state index in [9.17, 15) is 0 Å². The van der Waals surface area contributed by atoms with Gasteiger partial charge < -0.3 is 0 Å². The van der Waals surface area contributed by atoms with Crippen LogP contribution in [0.5, 0.6) is 0 Å². The summed E-state index contributed by atoms with van der Waals surface area (Å²) in [5.41, 5.74) is 4.98. The molecule has 4 rings (SSSR count). The van der Waals surface area contributed by atoms with Crippen LogP contribution >= 0.6 is 23.5 Å². The lowest BCUT2D eigenvalue weighted by Gasteiger charge is -2.12. The molecule has 0 aliphatic heterocycles. The van der Waals surface area contributed by atoms with Gasteiger partial charge in [0.2, 0.25) is 0 Å². The number of rotatable bonds is 8. The fraction of sp³-hybridized carbons (Fsp3) is 0.0714. The van der Waals surface area contributed by atoms with Crippen molar-refractivity contribution in [2.75, 3.05) is 0 Å². The zero-order chi connectivity index (χ0) is 20.8. The Bertz CT molecular complexity index is 1070. The number of thioether (sulfide) groups is 2. The second kappa shape index (κ2) is 9.88. The monoisotopic (exact) mass is 424 g/mol. The summed E-state index contributed by atoms with van der Waals surface area (Å²) in [4.78, 5) is 2.68. The first-order valence-corrected chi connectivity index (χ1v) is 11.9. The molecule has 0 fully saturated rings. The van der Waals surface area contributed by atoms with Crippen LogP contribution < -0.4 is 0 Å². The van der Waals surface area contributed by atoms with Crippen molar-refractivity contribution in [1.29, 1.82) is 0 Å². The molecule has 4 aromatic carbocycles. The summed E-state index contributed by atoms with van der Waals surface area (Å²) in [6.45, 7) is 7.67. The molecule has 0 saturated heterocycles. The smallest absolute Gasteiger partial charge is 0.0232 e. The summed E-state index contributed by atoms with van der Waals surface area (Å²) < 4.78 is 0. The van der Waals surface area contributed by atoms with Gasteiger partial charge in [0.15, 0.2) is 0 Å². The summed E-state index contributed by atoms with van der Waals surface area (Å²) in [7, 11) is 0. The van der Waals surface area contributed by atoms with Crippen molar-refractivity contribution in [3.63, 3.8) is 0 Å². The van der Waals surface area contributed by atoms with Gasteiger partial charge in [-0.3, -0.25) is 0 Å². The summed E-state index contributed by atoms with van der Waals surface area (Å²) in [6, 6.07) is 30.5. The van der Waals surface area contributed by atoms with E-state index in [0.717, 1.165) is 22.6 Å². The molecule has 0 aliphatic rings. The third kappa shape index (κ3) is 4.89. The molecule has 4 aromatic rings. The van der Waals surface area contributed by atoms with E-state index in [0.29, 0.717) is 0 Å². The zero-order valence-corrected chi connectivity index (χ0v) is 18.5. The summed E-state index contributed by atoms with van der Waals surface area (Å²) in [5.74, 6) is 1.91. The highest BCUT2D eigenvalue weighted by Crippen LogP contribution is 2.37. The third-order valence-corrected chi connectivity index (χ3v) is 7.31. The molecule has 0 spiro atoms. The topological polar surface area (TPSA) is 0 Å². The Labute approximate surface area is 187 Å². The Kier molecular flexibility index (Phi) is 6.78. The first-order valence-electron chi connectivity index (χ1n) is 9.97. The minimum Gasteiger partial charge on any atom is -0.121 e. The van der Waals surface area contributed by atoms with Gasteiger partial charge >= 0.3 is 0 Å². The molecule has 0 aliphatic carbocycles. The number of hydrogen-bond donors (Lipinski definition) is 0. The van der Waals surface area contributed by atoms with Crippen molar-refractivity contribution in [3.8, 4) is 0 Å². The standard InChI is InChI=1S/C28H24S2/c1-3-21-11-15-23(16-12-21)19-29-26-9-5-7-25-8-6-10-27(28(25)26)30-20-24-17-13-22(4-2)14-18-24/h3-18H,1-2,19-20H2. The van der Waals surface area contributed by atoms with E-state index >= 15 is 0 Å². The summed E-state index contributed by atoms with van der Waals surface area (Å²) in [6.07, 6.45) is 3.77. The van der Waals surface area contributed by atoms with Crippen LogP contribution in [0.2, 0.25) is 0 Å². The minimum atomic E-state index is 0.957. The highest BCUT2D eigenvalue weighted by molar-refractivity contribution is 7.99.